The highest BCUT2D eigenvalue weighted by Crippen LogP contribution is 2.22. The molecule has 138 valence electrons. The largest absolute Gasteiger partial charge is 0.469 e. The van der Waals surface area contributed by atoms with E-state index in [0.717, 1.165) is 45.7 Å². The van der Waals surface area contributed by atoms with Crippen LogP contribution in [0, 0.1) is 6.92 Å². The van der Waals surface area contributed by atoms with Crippen molar-refractivity contribution in [2.75, 3.05) is 44.2 Å². The Morgan fingerprint density at radius 2 is 1.81 bits per heavy atom. The zero-order valence-electron chi connectivity index (χ0n) is 15.4. The van der Waals surface area contributed by atoms with Crippen LogP contribution in [0.4, 0.5) is 5.69 Å². The summed E-state index contributed by atoms with van der Waals surface area (Å²) in [5, 5.41) is 0. The Morgan fingerprint density at radius 3 is 2.50 bits per heavy atom. The maximum Gasteiger partial charge on any atom is 0.257 e. The summed E-state index contributed by atoms with van der Waals surface area (Å²) in [6.45, 7) is 7.76. The van der Waals surface area contributed by atoms with Crippen LogP contribution in [0.1, 0.15) is 29.0 Å². The molecular formula is C21H27N3O2. The van der Waals surface area contributed by atoms with Crippen LogP contribution >= 0.6 is 0 Å². The number of benzene rings is 1. The second-order valence-electron chi connectivity index (χ2n) is 7.30. The number of rotatable bonds is 3. The molecule has 0 radical (unpaired) electrons. The first-order chi connectivity index (χ1) is 12.7. The van der Waals surface area contributed by atoms with Gasteiger partial charge in [-0.15, -0.1) is 0 Å². The number of piperidine rings is 1. The number of likely N-dealkylation sites (tertiary alicyclic amines) is 1. The summed E-state index contributed by atoms with van der Waals surface area (Å²) in [6.07, 6.45) is 3.86. The summed E-state index contributed by atoms with van der Waals surface area (Å²) in [4.78, 5) is 19.8. The van der Waals surface area contributed by atoms with Gasteiger partial charge >= 0.3 is 0 Å². The van der Waals surface area contributed by atoms with Crippen molar-refractivity contribution in [3.63, 3.8) is 0 Å². The van der Waals surface area contributed by atoms with E-state index in [1.165, 1.54) is 12.1 Å². The number of amides is 1. The van der Waals surface area contributed by atoms with Gasteiger partial charge in [-0.25, -0.2) is 0 Å². The minimum Gasteiger partial charge on any atom is -0.469 e. The molecule has 1 atom stereocenters. The molecule has 3 heterocycles. The molecule has 0 N–H and O–H groups in total. The summed E-state index contributed by atoms with van der Waals surface area (Å²) in [5.74, 6) is 0.831. The number of para-hydroxylation sites is 1. The van der Waals surface area contributed by atoms with E-state index in [-0.39, 0.29) is 5.91 Å². The van der Waals surface area contributed by atoms with Crippen LogP contribution in [0.15, 0.2) is 47.1 Å². The molecule has 2 fully saturated rings. The van der Waals surface area contributed by atoms with Gasteiger partial charge in [0.05, 0.1) is 11.8 Å². The van der Waals surface area contributed by atoms with Gasteiger partial charge in [0, 0.05) is 51.0 Å². The van der Waals surface area contributed by atoms with Crippen molar-refractivity contribution in [2.45, 2.75) is 25.8 Å². The molecule has 5 nitrogen and oxygen atoms in total. The van der Waals surface area contributed by atoms with Crippen molar-refractivity contribution in [2.24, 2.45) is 0 Å². The van der Waals surface area contributed by atoms with Crippen molar-refractivity contribution in [1.82, 2.24) is 9.80 Å². The van der Waals surface area contributed by atoms with E-state index in [1.807, 2.05) is 11.8 Å². The molecule has 1 unspecified atom stereocenters. The Kier molecular flexibility index (Phi) is 4.98. The van der Waals surface area contributed by atoms with E-state index in [0.29, 0.717) is 17.4 Å². The smallest absolute Gasteiger partial charge is 0.257 e. The molecule has 1 aromatic carbocycles. The number of piperazine rings is 1. The zero-order chi connectivity index (χ0) is 17.9. The average molecular weight is 353 g/mol. The SMILES string of the molecule is Cc1occc1C(=O)N1CCCC(N2CCN(c3ccccc3)CC2)C1. The molecule has 2 aliphatic heterocycles. The molecule has 4 rings (SSSR count). The lowest BCUT2D eigenvalue weighted by atomic mass is 10.0. The third kappa shape index (κ3) is 3.49. The number of carbonyl (C=O) groups is 1. The number of nitrogens with zero attached hydrogens (tertiary/aromatic N) is 3. The first-order valence-electron chi connectivity index (χ1n) is 9.60. The van der Waals surface area contributed by atoms with E-state index in [2.05, 4.69) is 40.1 Å². The van der Waals surface area contributed by atoms with E-state index < -0.39 is 0 Å². The summed E-state index contributed by atoms with van der Waals surface area (Å²) >= 11 is 0. The minimum atomic E-state index is 0.115. The van der Waals surface area contributed by atoms with Crippen LogP contribution in [0.3, 0.4) is 0 Å². The van der Waals surface area contributed by atoms with Gasteiger partial charge in [-0.1, -0.05) is 18.2 Å². The van der Waals surface area contributed by atoms with Crippen molar-refractivity contribution < 1.29 is 9.21 Å². The van der Waals surface area contributed by atoms with Gasteiger partial charge in [0.25, 0.3) is 5.91 Å². The maximum absolute atomic E-state index is 12.8. The standard InChI is InChI=1S/C21H27N3O2/c1-17-20(9-15-26-17)21(25)24-10-5-8-19(16-24)23-13-11-22(12-14-23)18-6-3-2-4-7-18/h2-4,6-7,9,15,19H,5,8,10-14,16H2,1H3. The van der Waals surface area contributed by atoms with Crippen LogP contribution in [-0.2, 0) is 0 Å². The lowest BCUT2D eigenvalue weighted by Crippen LogP contribution is -2.55. The van der Waals surface area contributed by atoms with Gasteiger partial charge in [-0.2, -0.15) is 0 Å². The van der Waals surface area contributed by atoms with E-state index in [1.54, 1.807) is 12.3 Å². The molecule has 0 saturated carbocycles. The van der Waals surface area contributed by atoms with E-state index in [4.69, 9.17) is 4.42 Å². The van der Waals surface area contributed by atoms with Gasteiger partial charge in [0.1, 0.15) is 5.76 Å². The molecule has 1 amide bonds. The molecule has 0 bridgehead atoms. The monoisotopic (exact) mass is 353 g/mol. The van der Waals surface area contributed by atoms with Crippen molar-refractivity contribution in [3.8, 4) is 0 Å². The molecule has 2 saturated heterocycles. The predicted molar refractivity (Wildman–Crippen MR) is 103 cm³/mol. The van der Waals surface area contributed by atoms with Gasteiger partial charge in [-0.3, -0.25) is 9.69 Å². The third-order valence-electron chi connectivity index (χ3n) is 5.72. The second kappa shape index (κ2) is 7.54. The molecule has 0 aliphatic carbocycles. The molecule has 1 aromatic heterocycles. The molecule has 0 spiro atoms. The number of anilines is 1. The van der Waals surface area contributed by atoms with Crippen molar-refractivity contribution in [1.29, 1.82) is 0 Å². The van der Waals surface area contributed by atoms with E-state index in [9.17, 15) is 4.79 Å². The normalized spacial score (nSPS) is 21.8. The summed E-state index contributed by atoms with van der Waals surface area (Å²) in [5.41, 5.74) is 2.02. The Labute approximate surface area is 155 Å². The predicted octanol–water partition coefficient (Wildman–Crippen LogP) is 3.01. The van der Waals surface area contributed by atoms with Gasteiger partial charge in [0.2, 0.25) is 0 Å². The van der Waals surface area contributed by atoms with Crippen LogP contribution in [0.25, 0.3) is 0 Å². The Bertz CT molecular complexity index is 735. The highest BCUT2D eigenvalue weighted by molar-refractivity contribution is 5.95. The minimum absolute atomic E-state index is 0.115. The second-order valence-corrected chi connectivity index (χ2v) is 7.30. The number of carbonyl (C=O) groups excluding carboxylic acids is 1. The fourth-order valence-electron chi connectivity index (χ4n) is 4.20. The molecule has 2 aliphatic rings. The Hall–Kier alpha value is -2.27. The van der Waals surface area contributed by atoms with Crippen molar-refractivity contribution in [3.05, 3.63) is 54.0 Å². The fraction of sp³-hybridized carbons (Fsp3) is 0.476. The maximum atomic E-state index is 12.8. The molecule has 5 heteroatoms. The van der Waals surface area contributed by atoms with Crippen LogP contribution < -0.4 is 4.90 Å². The van der Waals surface area contributed by atoms with Crippen LogP contribution in [0.2, 0.25) is 0 Å². The first kappa shape index (κ1) is 17.2. The topological polar surface area (TPSA) is 39.9 Å². The Morgan fingerprint density at radius 1 is 1.04 bits per heavy atom. The summed E-state index contributed by atoms with van der Waals surface area (Å²) < 4.78 is 5.31. The fourth-order valence-corrected chi connectivity index (χ4v) is 4.20. The summed E-state index contributed by atoms with van der Waals surface area (Å²) in [6, 6.07) is 12.9. The lowest BCUT2D eigenvalue weighted by molar-refractivity contribution is 0.0562. The quantitative estimate of drug-likeness (QED) is 0.850. The first-order valence-corrected chi connectivity index (χ1v) is 9.60. The van der Waals surface area contributed by atoms with Crippen LogP contribution in [0.5, 0.6) is 0 Å². The van der Waals surface area contributed by atoms with Crippen molar-refractivity contribution >= 4 is 11.6 Å². The number of aryl methyl sites for hydroxylation is 1. The molecule has 26 heavy (non-hydrogen) atoms. The molecule has 2 aromatic rings. The zero-order valence-corrected chi connectivity index (χ0v) is 15.4. The number of hydrogen-bond donors (Lipinski definition) is 0. The van der Waals surface area contributed by atoms with Gasteiger partial charge in [0.15, 0.2) is 0 Å². The van der Waals surface area contributed by atoms with E-state index >= 15 is 0 Å². The highest BCUT2D eigenvalue weighted by Gasteiger charge is 2.31. The third-order valence-corrected chi connectivity index (χ3v) is 5.72. The van der Waals surface area contributed by atoms with Gasteiger partial charge in [-0.05, 0) is 38.0 Å². The molecular weight excluding hydrogens is 326 g/mol. The van der Waals surface area contributed by atoms with Gasteiger partial charge < -0.3 is 14.2 Å². The van der Waals surface area contributed by atoms with Crippen LogP contribution in [-0.4, -0.2) is 61.0 Å². The number of furan rings is 1. The Balaban J connectivity index is 1.35. The highest BCUT2D eigenvalue weighted by atomic mass is 16.3. The number of hydrogen-bond acceptors (Lipinski definition) is 4. The average Bonchev–Trinajstić information content (AvgIpc) is 3.14. The summed E-state index contributed by atoms with van der Waals surface area (Å²) in [7, 11) is 0. The lowest BCUT2D eigenvalue weighted by Gasteiger charge is -2.44.